The number of ether oxygens (including phenoxy) is 1. The van der Waals surface area contributed by atoms with Crippen LogP contribution in [0.2, 0.25) is 0 Å². The maximum Gasteiger partial charge on any atom is 0.322 e. The second-order valence-electron chi connectivity index (χ2n) is 2.92. The number of halogens is 1. The van der Waals surface area contributed by atoms with E-state index in [0.717, 1.165) is 6.07 Å². The number of hydrogen-bond donors (Lipinski definition) is 2. The second kappa shape index (κ2) is 5.11. The predicted octanol–water partition coefficient (Wildman–Crippen LogP) is 0.649. The van der Waals surface area contributed by atoms with Gasteiger partial charge >= 0.3 is 5.97 Å². The normalized spacial score (nSPS) is 9.62. The van der Waals surface area contributed by atoms with Gasteiger partial charge < -0.3 is 15.2 Å². The summed E-state index contributed by atoms with van der Waals surface area (Å²) in [5.41, 5.74) is -0.220. The van der Waals surface area contributed by atoms with Crippen LogP contribution < -0.4 is 10.1 Å². The van der Waals surface area contributed by atoms with Crippen LogP contribution in [0.3, 0.4) is 0 Å². The highest BCUT2D eigenvalue weighted by Gasteiger charge is 2.12. The summed E-state index contributed by atoms with van der Waals surface area (Å²) in [4.78, 5) is 21.5. The standard InChI is InChI=1S/C10H10FNO4/c1-16-6-2-3-7(8(11)4-6)10(15)12-5-9(13)14/h2-4H,5H2,1H3,(H,12,15)(H,13,14). The minimum absolute atomic E-state index is 0.220. The van der Waals surface area contributed by atoms with Gasteiger partial charge in [0.05, 0.1) is 12.7 Å². The summed E-state index contributed by atoms with van der Waals surface area (Å²) in [6, 6.07) is 3.69. The van der Waals surface area contributed by atoms with E-state index in [1.54, 1.807) is 0 Å². The van der Waals surface area contributed by atoms with Crippen molar-refractivity contribution >= 4 is 11.9 Å². The Kier molecular flexibility index (Phi) is 3.82. The molecule has 6 heteroatoms. The molecule has 16 heavy (non-hydrogen) atoms. The molecule has 86 valence electrons. The molecule has 1 aromatic rings. The molecule has 0 saturated carbocycles. The fourth-order valence-electron chi connectivity index (χ4n) is 1.06. The second-order valence-corrected chi connectivity index (χ2v) is 2.92. The molecule has 5 nitrogen and oxygen atoms in total. The Morgan fingerprint density at radius 1 is 1.50 bits per heavy atom. The zero-order valence-corrected chi connectivity index (χ0v) is 8.49. The molecule has 0 atom stereocenters. The molecule has 1 rings (SSSR count). The van der Waals surface area contributed by atoms with E-state index in [2.05, 4.69) is 5.32 Å². The van der Waals surface area contributed by atoms with Gasteiger partial charge in [0.25, 0.3) is 5.91 Å². The Bertz CT molecular complexity index is 419. The molecule has 0 aliphatic rings. The first kappa shape index (κ1) is 12.0. The smallest absolute Gasteiger partial charge is 0.322 e. The predicted molar refractivity (Wildman–Crippen MR) is 52.9 cm³/mol. The third-order valence-corrected chi connectivity index (χ3v) is 1.82. The lowest BCUT2D eigenvalue weighted by Crippen LogP contribution is -2.29. The van der Waals surface area contributed by atoms with Crippen LogP contribution in [0.4, 0.5) is 4.39 Å². The highest BCUT2D eigenvalue weighted by Crippen LogP contribution is 2.15. The summed E-state index contributed by atoms with van der Waals surface area (Å²) in [7, 11) is 1.37. The summed E-state index contributed by atoms with van der Waals surface area (Å²) in [5.74, 6) is -2.45. The van der Waals surface area contributed by atoms with Crippen LogP contribution in [0, 0.1) is 5.82 Å². The van der Waals surface area contributed by atoms with Crippen molar-refractivity contribution < 1.29 is 23.8 Å². The number of methoxy groups -OCH3 is 1. The first-order chi connectivity index (χ1) is 7.54. The summed E-state index contributed by atoms with van der Waals surface area (Å²) >= 11 is 0. The molecule has 1 amide bonds. The highest BCUT2D eigenvalue weighted by atomic mass is 19.1. The Morgan fingerprint density at radius 3 is 2.69 bits per heavy atom. The number of nitrogens with one attached hydrogen (secondary N) is 1. The topological polar surface area (TPSA) is 75.6 Å². The summed E-state index contributed by atoms with van der Waals surface area (Å²) in [6.07, 6.45) is 0. The van der Waals surface area contributed by atoms with Gasteiger partial charge in [-0.3, -0.25) is 9.59 Å². The molecule has 0 bridgehead atoms. The van der Waals surface area contributed by atoms with Gasteiger partial charge in [-0.25, -0.2) is 4.39 Å². The Labute approximate surface area is 90.8 Å². The zero-order chi connectivity index (χ0) is 12.1. The lowest BCUT2D eigenvalue weighted by atomic mass is 10.2. The molecule has 0 saturated heterocycles. The molecule has 0 radical (unpaired) electrons. The van der Waals surface area contributed by atoms with Crippen LogP contribution in [0.1, 0.15) is 10.4 Å². The van der Waals surface area contributed by atoms with Crippen molar-refractivity contribution in [2.45, 2.75) is 0 Å². The molecule has 0 aromatic heterocycles. The van der Waals surface area contributed by atoms with Crippen LogP contribution in [0.25, 0.3) is 0 Å². The summed E-state index contributed by atoms with van der Waals surface area (Å²) < 4.78 is 18.1. The van der Waals surface area contributed by atoms with Gasteiger partial charge in [-0.15, -0.1) is 0 Å². The average Bonchev–Trinajstić information content (AvgIpc) is 2.25. The van der Waals surface area contributed by atoms with Crippen molar-refractivity contribution in [2.75, 3.05) is 13.7 Å². The molecular formula is C10H10FNO4. The molecule has 0 aliphatic heterocycles. The van der Waals surface area contributed by atoms with E-state index in [1.807, 2.05) is 0 Å². The molecule has 0 spiro atoms. The fraction of sp³-hybridized carbons (Fsp3) is 0.200. The van der Waals surface area contributed by atoms with Crippen molar-refractivity contribution in [3.8, 4) is 5.75 Å². The van der Waals surface area contributed by atoms with Gasteiger partial charge in [-0.05, 0) is 12.1 Å². The third-order valence-electron chi connectivity index (χ3n) is 1.82. The number of rotatable bonds is 4. The SMILES string of the molecule is COc1ccc(C(=O)NCC(=O)O)c(F)c1. The van der Waals surface area contributed by atoms with E-state index in [0.29, 0.717) is 0 Å². The van der Waals surface area contributed by atoms with Crippen molar-refractivity contribution in [1.29, 1.82) is 0 Å². The van der Waals surface area contributed by atoms with E-state index in [-0.39, 0.29) is 11.3 Å². The van der Waals surface area contributed by atoms with Gasteiger partial charge in [0, 0.05) is 6.07 Å². The molecule has 0 unspecified atom stereocenters. The van der Waals surface area contributed by atoms with E-state index in [4.69, 9.17) is 9.84 Å². The monoisotopic (exact) mass is 227 g/mol. The molecule has 0 aliphatic carbocycles. The van der Waals surface area contributed by atoms with Crippen LogP contribution in [-0.2, 0) is 4.79 Å². The fourth-order valence-corrected chi connectivity index (χ4v) is 1.06. The van der Waals surface area contributed by atoms with E-state index in [9.17, 15) is 14.0 Å². The van der Waals surface area contributed by atoms with Crippen molar-refractivity contribution in [2.24, 2.45) is 0 Å². The van der Waals surface area contributed by atoms with Gasteiger partial charge in [-0.1, -0.05) is 0 Å². The van der Waals surface area contributed by atoms with E-state index < -0.39 is 24.2 Å². The van der Waals surface area contributed by atoms with Gasteiger partial charge in [-0.2, -0.15) is 0 Å². The van der Waals surface area contributed by atoms with Gasteiger partial charge in [0.15, 0.2) is 0 Å². The first-order valence-corrected chi connectivity index (χ1v) is 4.38. The zero-order valence-electron chi connectivity index (χ0n) is 8.49. The number of benzene rings is 1. The third kappa shape index (κ3) is 2.94. The number of carbonyl (C=O) groups excluding carboxylic acids is 1. The molecule has 0 heterocycles. The minimum Gasteiger partial charge on any atom is -0.497 e. The van der Waals surface area contributed by atoms with E-state index in [1.165, 1.54) is 19.2 Å². The maximum absolute atomic E-state index is 13.3. The number of amides is 1. The summed E-state index contributed by atoms with van der Waals surface area (Å²) in [5, 5.41) is 10.4. The van der Waals surface area contributed by atoms with Gasteiger partial charge in [0.1, 0.15) is 18.1 Å². The van der Waals surface area contributed by atoms with Crippen LogP contribution in [0.15, 0.2) is 18.2 Å². The number of carboxylic acids is 1. The molecule has 2 N–H and O–H groups in total. The maximum atomic E-state index is 13.3. The molecular weight excluding hydrogens is 217 g/mol. The number of carboxylic acid groups (broad SMARTS) is 1. The summed E-state index contributed by atoms with van der Waals surface area (Å²) in [6.45, 7) is -0.551. The number of hydrogen-bond acceptors (Lipinski definition) is 3. The Hall–Kier alpha value is -2.11. The van der Waals surface area contributed by atoms with Crippen molar-refractivity contribution in [3.63, 3.8) is 0 Å². The van der Waals surface area contributed by atoms with E-state index >= 15 is 0 Å². The molecule has 1 aromatic carbocycles. The Morgan fingerprint density at radius 2 is 2.19 bits per heavy atom. The van der Waals surface area contributed by atoms with Gasteiger partial charge in [0.2, 0.25) is 0 Å². The van der Waals surface area contributed by atoms with Crippen LogP contribution >= 0.6 is 0 Å². The average molecular weight is 227 g/mol. The largest absolute Gasteiger partial charge is 0.497 e. The molecule has 0 fully saturated rings. The van der Waals surface area contributed by atoms with Crippen LogP contribution in [-0.4, -0.2) is 30.6 Å². The van der Waals surface area contributed by atoms with Crippen molar-refractivity contribution in [1.82, 2.24) is 5.32 Å². The highest BCUT2D eigenvalue weighted by molar-refractivity contribution is 5.96. The van der Waals surface area contributed by atoms with Crippen LogP contribution in [0.5, 0.6) is 5.75 Å². The minimum atomic E-state index is -1.19. The number of aliphatic carboxylic acids is 1. The lowest BCUT2D eigenvalue weighted by Gasteiger charge is -2.05. The lowest BCUT2D eigenvalue weighted by molar-refractivity contribution is -0.135. The first-order valence-electron chi connectivity index (χ1n) is 4.38. The quantitative estimate of drug-likeness (QED) is 0.791. The Balaban J connectivity index is 2.79. The van der Waals surface area contributed by atoms with Crippen molar-refractivity contribution in [3.05, 3.63) is 29.6 Å². The number of carbonyl (C=O) groups is 2.